The zero-order valence-electron chi connectivity index (χ0n) is 10.6. The molecule has 0 fully saturated rings. The molecule has 2 rings (SSSR count). The van der Waals surface area contributed by atoms with Crippen molar-refractivity contribution in [1.82, 2.24) is 5.16 Å². The van der Waals surface area contributed by atoms with Crippen LogP contribution in [-0.4, -0.2) is 5.16 Å². The standard InChI is InChI=1S/C13H12F4N2O/c1-2-3-8-11(20-19-12(8)18)7-4-5-10(14)9(6-7)13(15,16)17/h4-6H,2-3H2,1H3,(H2,18,19). The molecule has 0 saturated heterocycles. The average molecular weight is 288 g/mol. The van der Waals surface area contributed by atoms with E-state index in [0.717, 1.165) is 12.5 Å². The molecule has 0 amide bonds. The van der Waals surface area contributed by atoms with E-state index in [1.54, 1.807) is 0 Å². The fraction of sp³-hybridized carbons (Fsp3) is 0.308. The summed E-state index contributed by atoms with van der Waals surface area (Å²) in [6.07, 6.45) is -3.52. The number of anilines is 1. The molecule has 20 heavy (non-hydrogen) atoms. The molecular formula is C13H12F4N2O. The van der Waals surface area contributed by atoms with Crippen molar-refractivity contribution in [3.63, 3.8) is 0 Å². The van der Waals surface area contributed by atoms with Crippen LogP contribution in [0.2, 0.25) is 0 Å². The largest absolute Gasteiger partial charge is 0.419 e. The maximum Gasteiger partial charge on any atom is 0.419 e. The Balaban J connectivity index is 2.54. The molecule has 0 unspecified atom stereocenters. The molecule has 108 valence electrons. The lowest BCUT2D eigenvalue weighted by Gasteiger charge is -2.09. The van der Waals surface area contributed by atoms with Crippen molar-refractivity contribution in [3.8, 4) is 11.3 Å². The van der Waals surface area contributed by atoms with Crippen LogP contribution in [0.25, 0.3) is 11.3 Å². The van der Waals surface area contributed by atoms with E-state index in [0.29, 0.717) is 18.1 Å². The van der Waals surface area contributed by atoms with Gasteiger partial charge in [0.05, 0.1) is 5.56 Å². The molecule has 0 spiro atoms. The highest BCUT2D eigenvalue weighted by atomic mass is 19.4. The van der Waals surface area contributed by atoms with Gasteiger partial charge >= 0.3 is 6.18 Å². The van der Waals surface area contributed by atoms with E-state index in [2.05, 4.69) is 5.16 Å². The number of rotatable bonds is 3. The molecule has 1 aromatic heterocycles. The summed E-state index contributed by atoms with van der Waals surface area (Å²) in [5.74, 6) is -1.04. The highest BCUT2D eigenvalue weighted by Crippen LogP contribution is 2.36. The van der Waals surface area contributed by atoms with Crippen LogP contribution in [0.1, 0.15) is 24.5 Å². The van der Waals surface area contributed by atoms with Crippen molar-refractivity contribution in [1.29, 1.82) is 0 Å². The third kappa shape index (κ3) is 2.61. The smallest absolute Gasteiger partial charge is 0.381 e. The van der Waals surface area contributed by atoms with E-state index in [4.69, 9.17) is 10.3 Å². The maximum absolute atomic E-state index is 13.2. The van der Waals surface area contributed by atoms with Gasteiger partial charge in [0.2, 0.25) is 0 Å². The second kappa shape index (κ2) is 5.15. The van der Waals surface area contributed by atoms with Gasteiger partial charge in [-0.3, -0.25) is 0 Å². The Labute approximate surface area is 112 Å². The highest BCUT2D eigenvalue weighted by molar-refractivity contribution is 5.66. The summed E-state index contributed by atoms with van der Waals surface area (Å²) < 4.78 is 56.3. The van der Waals surface area contributed by atoms with Crippen LogP contribution < -0.4 is 5.73 Å². The molecule has 0 radical (unpaired) electrons. The van der Waals surface area contributed by atoms with Gasteiger partial charge in [0.15, 0.2) is 11.6 Å². The van der Waals surface area contributed by atoms with Crippen LogP contribution in [0, 0.1) is 5.82 Å². The Morgan fingerprint density at radius 1 is 1.30 bits per heavy atom. The summed E-state index contributed by atoms with van der Waals surface area (Å²) in [6, 6.07) is 2.67. The maximum atomic E-state index is 13.2. The lowest BCUT2D eigenvalue weighted by molar-refractivity contribution is -0.139. The van der Waals surface area contributed by atoms with Gasteiger partial charge < -0.3 is 10.3 Å². The van der Waals surface area contributed by atoms with Crippen LogP contribution in [-0.2, 0) is 12.6 Å². The minimum absolute atomic E-state index is 0.103. The predicted molar refractivity (Wildman–Crippen MR) is 65.3 cm³/mol. The van der Waals surface area contributed by atoms with Crippen molar-refractivity contribution in [2.45, 2.75) is 25.9 Å². The number of alkyl halides is 3. The molecular weight excluding hydrogens is 276 g/mol. The van der Waals surface area contributed by atoms with E-state index in [1.165, 1.54) is 6.07 Å². The highest BCUT2D eigenvalue weighted by Gasteiger charge is 2.34. The molecule has 0 aliphatic heterocycles. The first-order valence-electron chi connectivity index (χ1n) is 5.95. The third-order valence-corrected chi connectivity index (χ3v) is 2.85. The molecule has 7 heteroatoms. The van der Waals surface area contributed by atoms with Gasteiger partial charge in [-0.2, -0.15) is 13.2 Å². The lowest BCUT2D eigenvalue weighted by atomic mass is 10.0. The Bertz CT molecular complexity index is 619. The average Bonchev–Trinajstić information content (AvgIpc) is 2.71. The first kappa shape index (κ1) is 14.4. The van der Waals surface area contributed by atoms with E-state index in [1.807, 2.05) is 6.92 Å². The number of hydrogen-bond acceptors (Lipinski definition) is 3. The van der Waals surface area contributed by atoms with E-state index >= 15 is 0 Å². The number of nitrogen functional groups attached to an aromatic ring is 1. The molecule has 0 saturated carbocycles. The van der Waals surface area contributed by atoms with Crippen LogP contribution in [0.5, 0.6) is 0 Å². The van der Waals surface area contributed by atoms with Crippen LogP contribution in [0.3, 0.4) is 0 Å². The summed E-state index contributed by atoms with van der Waals surface area (Å²) in [4.78, 5) is 0. The van der Waals surface area contributed by atoms with Crippen molar-refractivity contribution in [2.75, 3.05) is 5.73 Å². The summed E-state index contributed by atoms with van der Waals surface area (Å²) >= 11 is 0. The molecule has 2 aromatic rings. The second-order valence-corrected chi connectivity index (χ2v) is 4.32. The second-order valence-electron chi connectivity index (χ2n) is 4.32. The predicted octanol–water partition coefficient (Wildman–Crippen LogP) is 4.03. The molecule has 0 aliphatic rings. The molecule has 0 atom stereocenters. The Morgan fingerprint density at radius 3 is 2.60 bits per heavy atom. The fourth-order valence-electron chi connectivity index (χ4n) is 1.92. The van der Waals surface area contributed by atoms with Gasteiger partial charge in [0, 0.05) is 11.1 Å². The molecule has 2 N–H and O–H groups in total. The number of hydrogen-bond donors (Lipinski definition) is 1. The number of aromatic nitrogens is 1. The molecule has 1 aromatic carbocycles. The zero-order chi connectivity index (χ0) is 14.9. The van der Waals surface area contributed by atoms with Gasteiger partial charge in [-0.25, -0.2) is 4.39 Å². The number of benzene rings is 1. The van der Waals surface area contributed by atoms with Gasteiger partial charge in [0.25, 0.3) is 0 Å². The lowest BCUT2D eigenvalue weighted by Crippen LogP contribution is -2.08. The van der Waals surface area contributed by atoms with Crippen LogP contribution in [0.4, 0.5) is 23.4 Å². The van der Waals surface area contributed by atoms with Crippen molar-refractivity contribution in [2.24, 2.45) is 0 Å². The molecule has 0 aliphatic carbocycles. The van der Waals surface area contributed by atoms with Crippen molar-refractivity contribution < 1.29 is 22.1 Å². The topological polar surface area (TPSA) is 52.0 Å². The number of halogens is 4. The molecule has 3 nitrogen and oxygen atoms in total. The number of nitrogens with zero attached hydrogens (tertiary/aromatic N) is 1. The SMILES string of the molecule is CCCc1c(N)noc1-c1ccc(F)c(C(F)(F)F)c1. The summed E-state index contributed by atoms with van der Waals surface area (Å²) in [5, 5.41) is 3.55. The van der Waals surface area contributed by atoms with E-state index in [-0.39, 0.29) is 17.1 Å². The Hall–Kier alpha value is -2.05. The Morgan fingerprint density at radius 2 is 2.00 bits per heavy atom. The van der Waals surface area contributed by atoms with Crippen LogP contribution in [0.15, 0.2) is 22.7 Å². The van der Waals surface area contributed by atoms with Gasteiger partial charge in [-0.1, -0.05) is 18.5 Å². The summed E-state index contributed by atoms with van der Waals surface area (Å²) in [7, 11) is 0. The molecule has 1 heterocycles. The van der Waals surface area contributed by atoms with Gasteiger partial charge in [0.1, 0.15) is 5.82 Å². The first-order chi connectivity index (χ1) is 9.34. The number of nitrogens with two attached hydrogens (primary N) is 1. The van der Waals surface area contributed by atoms with Crippen molar-refractivity contribution in [3.05, 3.63) is 35.1 Å². The van der Waals surface area contributed by atoms with Crippen LogP contribution >= 0.6 is 0 Å². The fourth-order valence-corrected chi connectivity index (χ4v) is 1.92. The monoisotopic (exact) mass is 288 g/mol. The summed E-state index contributed by atoms with van der Waals surface area (Å²) in [6.45, 7) is 1.89. The summed E-state index contributed by atoms with van der Waals surface area (Å²) in [5.41, 5.74) is 4.91. The zero-order valence-corrected chi connectivity index (χ0v) is 10.6. The molecule has 0 bridgehead atoms. The van der Waals surface area contributed by atoms with E-state index < -0.39 is 17.6 Å². The minimum Gasteiger partial charge on any atom is -0.381 e. The van der Waals surface area contributed by atoms with Gasteiger partial charge in [-0.15, -0.1) is 0 Å². The van der Waals surface area contributed by atoms with Crippen molar-refractivity contribution >= 4 is 5.82 Å². The van der Waals surface area contributed by atoms with Gasteiger partial charge in [-0.05, 0) is 24.6 Å². The quantitative estimate of drug-likeness (QED) is 0.867. The minimum atomic E-state index is -4.77. The Kier molecular flexibility index (Phi) is 3.69. The normalized spacial score (nSPS) is 11.8. The third-order valence-electron chi connectivity index (χ3n) is 2.85. The van der Waals surface area contributed by atoms with E-state index in [9.17, 15) is 17.6 Å². The first-order valence-corrected chi connectivity index (χ1v) is 5.95.